The maximum Gasteiger partial charge on any atom is 0.240 e. The van der Waals surface area contributed by atoms with Crippen molar-refractivity contribution in [3.63, 3.8) is 0 Å². The highest BCUT2D eigenvalue weighted by molar-refractivity contribution is 7.89. The number of hydrogen-bond acceptors (Lipinski definition) is 4. The molecule has 0 aromatic heterocycles. The molecule has 0 unspecified atom stereocenters. The van der Waals surface area contributed by atoms with Crippen molar-refractivity contribution < 1.29 is 18.3 Å². The molecule has 0 spiro atoms. The lowest BCUT2D eigenvalue weighted by Gasteiger charge is -2.18. The zero-order chi connectivity index (χ0) is 16.7. The van der Waals surface area contributed by atoms with Gasteiger partial charge in [-0.1, -0.05) is 0 Å². The number of anilines is 1. The highest BCUT2D eigenvalue weighted by atomic mass is 32.2. The van der Waals surface area contributed by atoms with Crippen molar-refractivity contribution in [2.75, 3.05) is 24.6 Å². The highest BCUT2D eigenvalue weighted by Crippen LogP contribution is 2.44. The van der Waals surface area contributed by atoms with Gasteiger partial charge < -0.3 is 10.0 Å². The molecular weight excluding hydrogens is 304 g/mol. The average Bonchev–Trinajstić information content (AvgIpc) is 2.65. The van der Waals surface area contributed by atoms with Gasteiger partial charge in [0.05, 0.1) is 22.6 Å². The first-order valence-electron chi connectivity index (χ1n) is 7.24. The van der Waals surface area contributed by atoms with E-state index in [1.54, 1.807) is 37.8 Å². The molecule has 0 radical (unpaired) electrons. The summed E-state index contributed by atoms with van der Waals surface area (Å²) in [6.07, 6.45) is 0. The number of likely N-dealkylation sites (N-methyl/N-ethyl adjacent to an activating group) is 1. The predicted molar refractivity (Wildman–Crippen MR) is 84.5 cm³/mol. The van der Waals surface area contributed by atoms with Gasteiger partial charge in [0.25, 0.3) is 0 Å². The van der Waals surface area contributed by atoms with Gasteiger partial charge in [-0.2, -0.15) is 0 Å². The third-order valence-corrected chi connectivity index (χ3v) is 5.47. The Kier molecular flexibility index (Phi) is 4.34. The molecule has 2 rings (SSSR count). The van der Waals surface area contributed by atoms with Gasteiger partial charge in [-0.25, -0.2) is 13.1 Å². The summed E-state index contributed by atoms with van der Waals surface area (Å²) in [5.74, 6) is -0.0223. The third-order valence-electron chi connectivity index (χ3n) is 4.03. The largest absolute Gasteiger partial charge is 0.395 e. The Balaban J connectivity index is 2.61. The molecule has 1 aliphatic rings. The lowest BCUT2D eigenvalue weighted by molar-refractivity contribution is -0.122. The van der Waals surface area contributed by atoms with Crippen molar-refractivity contribution in [1.29, 1.82) is 0 Å². The van der Waals surface area contributed by atoms with Crippen molar-refractivity contribution in [1.82, 2.24) is 4.72 Å². The van der Waals surface area contributed by atoms with Crippen molar-refractivity contribution >= 4 is 21.6 Å². The van der Waals surface area contributed by atoms with Crippen LogP contribution in [0, 0.1) is 6.92 Å². The summed E-state index contributed by atoms with van der Waals surface area (Å²) >= 11 is 0. The van der Waals surface area contributed by atoms with Crippen LogP contribution in [0.25, 0.3) is 0 Å². The van der Waals surface area contributed by atoms with Gasteiger partial charge in [-0.3, -0.25) is 4.79 Å². The Hall–Kier alpha value is -1.44. The molecule has 7 heteroatoms. The van der Waals surface area contributed by atoms with Crippen LogP contribution in [0.4, 0.5) is 5.69 Å². The molecule has 2 N–H and O–H groups in total. The molecule has 1 amide bonds. The normalized spacial score (nSPS) is 17.0. The summed E-state index contributed by atoms with van der Waals surface area (Å²) in [7, 11) is -3.70. The topological polar surface area (TPSA) is 86.7 Å². The van der Waals surface area contributed by atoms with Crippen LogP contribution in [0.3, 0.4) is 0 Å². The van der Waals surface area contributed by atoms with Gasteiger partial charge >= 0.3 is 0 Å². The van der Waals surface area contributed by atoms with Gasteiger partial charge in [0.1, 0.15) is 0 Å². The minimum atomic E-state index is -3.70. The Labute approximate surface area is 131 Å². The highest BCUT2D eigenvalue weighted by Gasteiger charge is 2.44. The number of nitrogens with one attached hydrogen (secondary N) is 1. The van der Waals surface area contributed by atoms with Gasteiger partial charge in [0.2, 0.25) is 15.9 Å². The molecule has 0 atom stereocenters. The van der Waals surface area contributed by atoms with E-state index in [0.717, 1.165) is 16.8 Å². The lowest BCUT2D eigenvalue weighted by atomic mass is 9.85. The number of aliphatic hydroxyl groups is 1. The number of aliphatic hydroxyl groups excluding tert-OH is 1. The summed E-state index contributed by atoms with van der Waals surface area (Å²) in [6.45, 7) is 7.56. The number of nitrogens with zero attached hydrogens (tertiary/aromatic N) is 1. The number of fused-ring (bicyclic) bond motifs is 1. The molecule has 22 heavy (non-hydrogen) atoms. The van der Waals surface area contributed by atoms with Crippen molar-refractivity contribution in [2.45, 2.75) is 38.0 Å². The summed E-state index contributed by atoms with van der Waals surface area (Å²) in [5.41, 5.74) is 1.53. The number of amides is 1. The van der Waals surface area contributed by atoms with Crippen molar-refractivity contribution in [2.24, 2.45) is 0 Å². The van der Waals surface area contributed by atoms with E-state index in [0.29, 0.717) is 6.54 Å². The third kappa shape index (κ3) is 2.53. The molecule has 0 bridgehead atoms. The number of carbonyl (C=O) groups is 1. The van der Waals surface area contributed by atoms with E-state index in [4.69, 9.17) is 5.11 Å². The van der Waals surface area contributed by atoms with Gasteiger partial charge in [0, 0.05) is 13.1 Å². The van der Waals surface area contributed by atoms with E-state index in [1.165, 1.54) is 0 Å². The van der Waals surface area contributed by atoms with Crippen LogP contribution >= 0.6 is 0 Å². The van der Waals surface area contributed by atoms with E-state index in [-0.39, 0.29) is 24.0 Å². The van der Waals surface area contributed by atoms with Gasteiger partial charge in [-0.15, -0.1) is 0 Å². The minimum Gasteiger partial charge on any atom is -0.395 e. The van der Waals surface area contributed by atoms with Crippen LogP contribution in [0.5, 0.6) is 0 Å². The van der Waals surface area contributed by atoms with E-state index in [9.17, 15) is 13.2 Å². The number of sulfonamides is 1. The fourth-order valence-corrected chi connectivity index (χ4v) is 3.99. The minimum absolute atomic E-state index is 0.0223. The zero-order valence-corrected chi connectivity index (χ0v) is 14.1. The fourth-order valence-electron chi connectivity index (χ4n) is 2.86. The number of hydrogen-bond donors (Lipinski definition) is 2. The monoisotopic (exact) mass is 326 g/mol. The van der Waals surface area contributed by atoms with Crippen LogP contribution in [-0.4, -0.2) is 39.1 Å². The molecular formula is C15H22N2O4S. The van der Waals surface area contributed by atoms with E-state index < -0.39 is 15.4 Å². The second kappa shape index (κ2) is 5.64. The van der Waals surface area contributed by atoms with E-state index >= 15 is 0 Å². The summed E-state index contributed by atoms with van der Waals surface area (Å²) in [4.78, 5) is 14.3. The first-order chi connectivity index (χ1) is 10.2. The molecule has 1 heterocycles. The zero-order valence-electron chi connectivity index (χ0n) is 13.3. The van der Waals surface area contributed by atoms with Crippen LogP contribution in [0.1, 0.15) is 31.9 Å². The number of aryl methyl sites for hydroxylation is 1. The van der Waals surface area contributed by atoms with E-state index in [2.05, 4.69) is 4.72 Å². The molecule has 0 fully saturated rings. The number of benzene rings is 1. The first kappa shape index (κ1) is 16.9. The van der Waals surface area contributed by atoms with E-state index in [1.807, 2.05) is 6.92 Å². The molecule has 1 aliphatic heterocycles. The fraction of sp³-hybridized carbons (Fsp3) is 0.533. The van der Waals surface area contributed by atoms with Crippen molar-refractivity contribution in [3.05, 3.63) is 23.3 Å². The summed E-state index contributed by atoms with van der Waals surface area (Å²) in [6, 6.07) is 3.13. The summed E-state index contributed by atoms with van der Waals surface area (Å²) in [5, 5.41) is 8.79. The van der Waals surface area contributed by atoms with Gasteiger partial charge in [-0.05, 0) is 51.0 Å². The van der Waals surface area contributed by atoms with Crippen molar-refractivity contribution in [3.8, 4) is 0 Å². The van der Waals surface area contributed by atoms with Crippen LogP contribution in [0.15, 0.2) is 17.0 Å². The first-order valence-corrected chi connectivity index (χ1v) is 8.72. The molecule has 0 saturated carbocycles. The van der Waals surface area contributed by atoms with Crippen LogP contribution in [-0.2, 0) is 20.2 Å². The Morgan fingerprint density at radius 1 is 1.32 bits per heavy atom. The van der Waals surface area contributed by atoms with Crippen LogP contribution in [0.2, 0.25) is 0 Å². The standard InChI is InChI=1S/C15H22N2O4S/c1-5-17-13-10(2)8-11(22(20,21)16-6-7-18)9-12(13)15(3,4)14(17)19/h8-9,16,18H,5-7H2,1-4H3. The Morgan fingerprint density at radius 2 is 1.95 bits per heavy atom. The van der Waals surface area contributed by atoms with Gasteiger partial charge in [0.15, 0.2) is 0 Å². The molecule has 122 valence electrons. The second-order valence-electron chi connectivity index (χ2n) is 5.93. The predicted octanol–water partition coefficient (Wildman–Crippen LogP) is 0.910. The quantitative estimate of drug-likeness (QED) is 0.842. The molecule has 0 aliphatic carbocycles. The Morgan fingerprint density at radius 3 is 2.50 bits per heavy atom. The molecule has 1 aromatic rings. The maximum atomic E-state index is 12.5. The summed E-state index contributed by atoms with van der Waals surface area (Å²) < 4.78 is 26.9. The number of carbonyl (C=O) groups excluding carboxylic acids is 1. The molecule has 1 aromatic carbocycles. The molecule has 0 saturated heterocycles. The molecule has 6 nitrogen and oxygen atoms in total. The second-order valence-corrected chi connectivity index (χ2v) is 7.70. The lowest BCUT2D eigenvalue weighted by Crippen LogP contribution is -2.36. The number of rotatable bonds is 5. The SMILES string of the molecule is CCN1C(=O)C(C)(C)c2cc(S(=O)(=O)NCCO)cc(C)c21. The average molecular weight is 326 g/mol. The Bertz CT molecular complexity index is 710. The van der Waals surface area contributed by atoms with Crippen LogP contribution < -0.4 is 9.62 Å². The maximum absolute atomic E-state index is 12.5. The smallest absolute Gasteiger partial charge is 0.240 e.